The standard InChI is InChI=1S/C19H20ClN3O4S/c1-28(26,27)23(16-8-6-15(20)7-9-16)13-17(24)12-22-11-14(10-21-25)18-4-2-3-5-19(18)22/h2-11,17,24-25H,12-13H2,1H3. The number of nitrogens with zero attached hydrogens (tertiary/aromatic N) is 3. The molecule has 0 radical (unpaired) electrons. The number of aliphatic hydroxyl groups excluding tert-OH is 1. The van der Waals surface area contributed by atoms with Crippen LogP contribution in [-0.4, -0.2) is 48.4 Å². The topological polar surface area (TPSA) is 95.1 Å². The average molecular weight is 422 g/mol. The molecule has 148 valence electrons. The summed E-state index contributed by atoms with van der Waals surface area (Å²) in [5, 5.41) is 23.9. The van der Waals surface area contributed by atoms with Crippen LogP contribution in [0.15, 0.2) is 59.9 Å². The average Bonchev–Trinajstić information content (AvgIpc) is 2.98. The zero-order valence-corrected chi connectivity index (χ0v) is 16.7. The number of fused-ring (bicyclic) bond motifs is 1. The Hall–Kier alpha value is -2.55. The Morgan fingerprint density at radius 3 is 2.54 bits per heavy atom. The van der Waals surface area contributed by atoms with Crippen LogP contribution >= 0.6 is 11.6 Å². The number of sulfonamides is 1. The summed E-state index contributed by atoms with van der Waals surface area (Å²) >= 11 is 5.88. The Kier molecular flexibility index (Phi) is 5.93. The second kappa shape index (κ2) is 8.22. The second-order valence-electron chi connectivity index (χ2n) is 6.42. The first-order chi connectivity index (χ1) is 13.3. The van der Waals surface area contributed by atoms with Crippen LogP contribution in [-0.2, 0) is 16.6 Å². The molecule has 2 N–H and O–H groups in total. The van der Waals surface area contributed by atoms with Crippen LogP contribution < -0.4 is 4.31 Å². The molecule has 0 saturated heterocycles. The summed E-state index contributed by atoms with van der Waals surface area (Å²) in [5.41, 5.74) is 1.97. The number of halogens is 1. The van der Waals surface area contributed by atoms with Crippen molar-refractivity contribution in [1.29, 1.82) is 0 Å². The lowest BCUT2D eigenvalue weighted by Gasteiger charge is -2.25. The van der Waals surface area contributed by atoms with E-state index in [0.717, 1.165) is 21.5 Å². The minimum Gasteiger partial charge on any atom is -0.411 e. The van der Waals surface area contributed by atoms with Crippen LogP contribution in [0.25, 0.3) is 10.9 Å². The van der Waals surface area contributed by atoms with Crippen molar-refractivity contribution in [3.8, 4) is 0 Å². The molecular weight excluding hydrogens is 402 g/mol. The molecule has 0 bridgehead atoms. The van der Waals surface area contributed by atoms with Gasteiger partial charge in [-0.3, -0.25) is 4.31 Å². The molecule has 0 aliphatic rings. The van der Waals surface area contributed by atoms with E-state index in [1.54, 1.807) is 35.0 Å². The fourth-order valence-electron chi connectivity index (χ4n) is 3.11. The highest BCUT2D eigenvalue weighted by atomic mass is 35.5. The van der Waals surface area contributed by atoms with E-state index in [9.17, 15) is 13.5 Å². The highest BCUT2D eigenvalue weighted by Gasteiger charge is 2.22. The van der Waals surface area contributed by atoms with Crippen molar-refractivity contribution in [2.75, 3.05) is 17.1 Å². The summed E-state index contributed by atoms with van der Waals surface area (Å²) in [5.74, 6) is 0. The first kappa shape index (κ1) is 20.2. The Bertz CT molecular complexity index is 1090. The highest BCUT2D eigenvalue weighted by molar-refractivity contribution is 7.92. The van der Waals surface area contributed by atoms with Gasteiger partial charge in [0.2, 0.25) is 10.0 Å². The summed E-state index contributed by atoms with van der Waals surface area (Å²) < 4.78 is 27.4. The van der Waals surface area contributed by atoms with Gasteiger partial charge in [-0.25, -0.2) is 8.42 Å². The Morgan fingerprint density at radius 2 is 1.89 bits per heavy atom. The smallest absolute Gasteiger partial charge is 0.232 e. The van der Waals surface area contributed by atoms with Crippen molar-refractivity contribution in [1.82, 2.24) is 4.57 Å². The zero-order valence-electron chi connectivity index (χ0n) is 15.1. The molecule has 1 atom stereocenters. The van der Waals surface area contributed by atoms with Gasteiger partial charge >= 0.3 is 0 Å². The SMILES string of the molecule is CS(=O)(=O)N(CC(O)Cn1cc(C=NO)c2ccccc21)c1ccc(Cl)cc1. The maximum absolute atomic E-state index is 12.2. The molecule has 0 aliphatic heterocycles. The molecule has 0 amide bonds. The van der Waals surface area contributed by atoms with E-state index in [2.05, 4.69) is 5.16 Å². The lowest BCUT2D eigenvalue weighted by atomic mass is 10.2. The molecule has 3 aromatic rings. The van der Waals surface area contributed by atoms with Gasteiger partial charge in [-0.2, -0.15) is 0 Å². The van der Waals surface area contributed by atoms with E-state index in [4.69, 9.17) is 16.8 Å². The number of hydrogen-bond donors (Lipinski definition) is 2. The molecule has 0 fully saturated rings. The van der Waals surface area contributed by atoms with E-state index < -0.39 is 16.1 Å². The Morgan fingerprint density at radius 1 is 1.21 bits per heavy atom. The lowest BCUT2D eigenvalue weighted by molar-refractivity contribution is 0.164. The molecule has 0 spiro atoms. The van der Waals surface area contributed by atoms with Crippen molar-refractivity contribution in [3.05, 3.63) is 65.3 Å². The third kappa shape index (κ3) is 4.46. The predicted octanol–water partition coefficient (Wildman–Crippen LogP) is 2.93. The Labute approximate surface area is 168 Å². The van der Waals surface area contributed by atoms with Crippen molar-refractivity contribution in [3.63, 3.8) is 0 Å². The third-order valence-corrected chi connectivity index (χ3v) is 5.73. The summed E-state index contributed by atoms with van der Waals surface area (Å²) in [6.07, 6.45) is 3.19. The number of anilines is 1. The number of hydrogen-bond acceptors (Lipinski definition) is 5. The summed E-state index contributed by atoms with van der Waals surface area (Å²) in [6.45, 7) is 0.0514. The molecule has 2 aromatic carbocycles. The van der Waals surface area contributed by atoms with E-state index in [-0.39, 0.29) is 13.1 Å². The van der Waals surface area contributed by atoms with Crippen LogP contribution in [0.2, 0.25) is 5.02 Å². The van der Waals surface area contributed by atoms with Crippen molar-refractivity contribution >= 4 is 44.4 Å². The molecule has 9 heteroatoms. The lowest BCUT2D eigenvalue weighted by Crippen LogP contribution is -2.38. The van der Waals surface area contributed by atoms with Gasteiger partial charge in [-0.15, -0.1) is 0 Å². The fourth-order valence-corrected chi connectivity index (χ4v) is 4.18. The van der Waals surface area contributed by atoms with Crippen LogP contribution in [0.1, 0.15) is 5.56 Å². The minimum absolute atomic E-state index is 0.115. The van der Waals surface area contributed by atoms with Crippen LogP contribution in [0.3, 0.4) is 0 Å². The molecule has 7 nitrogen and oxygen atoms in total. The number of aromatic nitrogens is 1. The zero-order chi connectivity index (χ0) is 20.3. The number of benzene rings is 2. The van der Waals surface area contributed by atoms with Gasteiger partial charge < -0.3 is 14.9 Å². The van der Waals surface area contributed by atoms with Gasteiger partial charge in [-0.1, -0.05) is 35.0 Å². The fraction of sp³-hybridized carbons (Fsp3) is 0.211. The first-order valence-electron chi connectivity index (χ1n) is 8.46. The maximum atomic E-state index is 12.2. The van der Waals surface area contributed by atoms with Crippen LogP contribution in [0, 0.1) is 0 Å². The van der Waals surface area contributed by atoms with Gasteiger partial charge in [0.05, 0.1) is 37.4 Å². The van der Waals surface area contributed by atoms with Gasteiger partial charge in [0.15, 0.2) is 0 Å². The quantitative estimate of drug-likeness (QED) is 0.348. The molecule has 3 rings (SSSR count). The number of para-hydroxylation sites is 1. The summed E-state index contributed by atoms with van der Waals surface area (Å²) in [6, 6.07) is 13.9. The molecular formula is C19H20ClN3O4S. The van der Waals surface area contributed by atoms with Gasteiger partial charge in [0.1, 0.15) is 0 Å². The summed E-state index contributed by atoms with van der Waals surface area (Å²) in [7, 11) is -3.60. The van der Waals surface area contributed by atoms with E-state index in [1.807, 2.05) is 24.3 Å². The molecule has 1 unspecified atom stereocenters. The van der Waals surface area contributed by atoms with Gasteiger partial charge in [0.25, 0.3) is 0 Å². The minimum atomic E-state index is -3.60. The molecule has 0 saturated carbocycles. The van der Waals surface area contributed by atoms with E-state index >= 15 is 0 Å². The molecule has 1 heterocycles. The molecule has 28 heavy (non-hydrogen) atoms. The van der Waals surface area contributed by atoms with Crippen molar-refractivity contribution in [2.45, 2.75) is 12.6 Å². The molecule has 1 aromatic heterocycles. The predicted molar refractivity (Wildman–Crippen MR) is 111 cm³/mol. The van der Waals surface area contributed by atoms with Crippen molar-refractivity contribution < 1.29 is 18.7 Å². The Balaban J connectivity index is 1.87. The monoisotopic (exact) mass is 421 g/mol. The maximum Gasteiger partial charge on any atom is 0.232 e. The number of oxime groups is 1. The number of aliphatic hydroxyl groups is 1. The third-order valence-electron chi connectivity index (χ3n) is 4.32. The highest BCUT2D eigenvalue weighted by Crippen LogP contribution is 2.23. The first-order valence-corrected chi connectivity index (χ1v) is 10.7. The van der Waals surface area contributed by atoms with Crippen molar-refractivity contribution in [2.24, 2.45) is 5.16 Å². The molecule has 0 aliphatic carbocycles. The van der Waals surface area contributed by atoms with E-state index in [1.165, 1.54) is 6.21 Å². The van der Waals surface area contributed by atoms with Crippen LogP contribution in [0.4, 0.5) is 5.69 Å². The van der Waals surface area contributed by atoms with Gasteiger partial charge in [0, 0.05) is 27.7 Å². The van der Waals surface area contributed by atoms with Gasteiger partial charge in [-0.05, 0) is 30.3 Å². The largest absolute Gasteiger partial charge is 0.411 e. The van der Waals surface area contributed by atoms with Crippen LogP contribution in [0.5, 0.6) is 0 Å². The normalized spacial score (nSPS) is 13.2. The summed E-state index contributed by atoms with van der Waals surface area (Å²) in [4.78, 5) is 0. The number of rotatable bonds is 7. The van der Waals surface area contributed by atoms with E-state index in [0.29, 0.717) is 16.3 Å². The second-order valence-corrected chi connectivity index (χ2v) is 8.77.